The third-order valence-corrected chi connectivity index (χ3v) is 2.93. The number of halogens is 3. The summed E-state index contributed by atoms with van der Waals surface area (Å²) in [4.78, 5) is 19.8. The standard InChI is InChI=1S/C15H14N2O.C2HF3O2/c1-10(18)2-3-11-4-5-13-9-14(15(16)17)7-6-12(13)8-11;3-2(4,5)1(6)7/h2-9H,1H3,(H3,16,17);(H,6,7). The zero-order chi connectivity index (χ0) is 19.2. The quantitative estimate of drug-likeness (QED) is 0.447. The maximum Gasteiger partial charge on any atom is 0.490 e. The van der Waals surface area contributed by atoms with Gasteiger partial charge in [0, 0.05) is 5.56 Å². The second-order valence-corrected chi connectivity index (χ2v) is 4.98. The number of carboxylic acid groups (broad SMARTS) is 1. The molecule has 0 aliphatic heterocycles. The molecule has 8 heteroatoms. The molecule has 0 aromatic heterocycles. The van der Waals surface area contributed by atoms with Crippen LogP contribution in [-0.2, 0) is 9.59 Å². The number of amidine groups is 1. The van der Waals surface area contributed by atoms with Crippen molar-refractivity contribution >= 4 is 34.4 Å². The van der Waals surface area contributed by atoms with Crippen molar-refractivity contribution in [3.8, 4) is 0 Å². The Balaban J connectivity index is 0.000000381. The number of carboxylic acids is 1. The Morgan fingerprint density at radius 3 is 2.12 bits per heavy atom. The van der Waals surface area contributed by atoms with Gasteiger partial charge in [0.1, 0.15) is 5.84 Å². The van der Waals surface area contributed by atoms with E-state index in [9.17, 15) is 18.0 Å². The van der Waals surface area contributed by atoms with E-state index in [-0.39, 0.29) is 11.6 Å². The van der Waals surface area contributed by atoms with Crippen LogP contribution in [0.25, 0.3) is 16.8 Å². The molecule has 4 N–H and O–H groups in total. The first-order valence-electron chi connectivity index (χ1n) is 6.87. The molecule has 0 aliphatic carbocycles. The van der Waals surface area contributed by atoms with Crippen LogP contribution in [0.2, 0.25) is 0 Å². The Kier molecular flexibility index (Phi) is 6.44. The molecule has 0 saturated carbocycles. The fourth-order valence-corrected chi connectivity index (χ4v) is 1.75. The molecule has 0 amide bonds. The van der Waals surface area contributed by atoms with E-state index >= 15 is 0 Å². The molecular formula is C17H15F3N2O3. The van der Waals surface area contributed by atoms with E-state index in [0.29, 0.717) is 0 Å². The molecule has 0 fully saturated rings. The van der Waals surface area contributed by atoms with Crippen LogP contribution in [0.1, 0.15) is 18.1 Å². The number of nitrogens with one attached hydrogen (secondary N) is 1. The first-order valence-corrected chi connectivity index (χ1v) is 6.87. The van der Waals surface area contributed by atoms with Crippen molar-refractivity contribution in [3.05, 3.63) is 53.6 Å². The van der Waals surface area contributed by atoms with Crippen molar-refractivity contribution in [1.82, 2.24) is 0 Å². The Morgan fingerprint density at radius 1 is 1.12 bits per heavy atom. The molecule has 0 heterocycles. The number of benzene rings is 2. The summed E-state index contributed by atoms with van der Waals surface area (Å²) in [6.45, 7) is 1.52. The van der Waals surface area contributed by atoms with Crippen LogP contribution >= 0.6 is 0 Å². The van der Waals surface area contributed by atoms with E-state index in [2.05, 4.69) is 0 Å². The Bertz CT molecular complexity index is 843. The molecule has 0 radical (unpaired) electrons. The smallest absolute Gasteiger partial charge is 0.475 e. The molecule has 0 aliphatic rings. The van der Waals surface area contributed by atoms with Crippen LogP contribution in [0.5, 0.6) is 0 Å². The number of carbonyl (C=O) groups is 2. The van der Waals surface area contributed by atoms with Crippen molar-refractivity contribution in [1.29, 1.82) is 5.41 Å². The third-order valence-electron chi connectivity index (χ3n) is 2.93. The molecule has 0 unspecified atom stereocenters. The van der Waals surface area contributed by atoms with Crippen molar-refractivity contribution in [2.24, 2.45) is 5.73 Å². The number of rotatable bonds is 3. The topological polar surface area (TPSA) is 104 Å². The molecule has 2 rings (SSSR count). The van der Waals surface area contributed by atoms with Crippen molar-refractivity contribution in [2.45, 2.75) is 13.1 Å². The average molecular weight is 352 g/mol. The van der Waals surface area contributed by atoms with Gasteiger partial charge < -0.3 is 10.8 Å². The van der Waals surface area contributed by atoms with Crippen LogP contribution in [0.3, 0.4) is 0 Å². The zero-order valence-corrected chi connectivity index (χ0v) is 13.1. The second kappa shape index (κ2) is 8.09. The lowest BCUT2D eigenvalue weighted by molar-refractivity contribution is -0.192. The fraction of sp³-hybridized carbons (Fsp3) is 0.118. The second-order valence-electron chi connectivity index (χ2n) is 4.98. The summed E-state index contributed by atoms with van der Waals surface area (Å²) in [5, 5.41) is 16.6. The Labute approximate surface area is 141 Å². The summed E-state index contributed by atoms with van der Waals surface area (Å²) >= 11 is 0. The van der Waals surface area contributed by atoms with Gasteiger partial charge in [0.2, 0.25) is 0 Å². The number of alkyl halides is 3. The summed E-state index contributed by atoms with van der Waals surface area (Å²) < 4.78 is 31.7. The van der Waals surface area contributed by atoms with Gasteiger partial charge in [-0.2, -0.15) is 13.2 Å². The summed E-state index contributed by atoms with van der Waals surface area (Å²) in [5.74, 6) is -2.66. The molecule has 5 nitrogen and oxygen atoms in total. The predicted molar refractivity (Wildman–Crippen MR) is 88.4 cm³/mol. The Morgan fingerprint density at radius 2 is 1.64 bits per heavy atom. The number of allylic oxidation sites excluding steroid dienone is 1. The molecule has 0 atom stereocenters. The Hall–Kier alpha value is -3.16. The number of hydrogen-bond acceptors (Lipinski definition) is 3. The lowest BCUT2D eigenvalue weighted by atomic mass is 10.0. The van der Waals surface area contributed by atoms with E-state index in [0.717, 1.165) is 21.9 Å². The van der Waals surface area contributed by atoms with Crippen molar-refractivity contribution in [3.63, 3.8) is 0 Å². The van der Waals surface area contributed by atoms with Gasteiger partial charge in [-0.05, 0) is 41.5 Å². The number of carbonyl (C=O) groups excluding carboxylic acids is 1. The minimum Gasteiger partial charge on any atom is -0.475 e. The first-order chi connectivity index (χ1) is 11.5. The normalized spacial score (nSPS) is 11.0. The van der Waals surface area contributed by atoms with Gasteiger partial charge >= 0.3 is 12.1 Å². The highest BCUT2D eigenvalue weighted by atomic mass is 19.4. The van der Waals surface area contributed by atoms with Crippen molar-refractivity contribution in [2.75, 3.05) is 0 Å². The maximum absolute atomic E-state index is 10.9. The van der Waals surface area contributed by atoms with Crippen LogP contribution in [0.15, 0.2) is 42.5 Å². The number of fused-ring (bicyclic) bond motifs is 1. The zero-order valence-electron chi connectivity index (χ0n) is 13.1. The number of hydrogen-bond donors (Lipinski definition) is 3. The molecule has 2 aromatic rings. The number of ketones is 1. The SMILES string of the molecule is CC(=O)C=Cc1ccc2cc(C(=N)N)ccc2c1.O=C(O)C(F)(F)F. The molecular weight excluding hydrogens is 337 g/mol. The van der Waals surface area contributed by atoms with E-state index in [1.54, 1.807) is 12.2 Å². The molecule has 0 bridgehead atoms. The van der Waals surface area contributed by atoms with Crippen LogP contribution in [-0.4, -0.2) is 28.9 Å². The maximum atomic E-state index is 10.9. The molecule has 0 spiro atoms. The summed E-state index contributed by atoms with van der Waals surface area (Å²) in [5.41, 5.74) is 7.15. The fourth-order valence-electron chi connectivity index (χ4n) is 1.75. The number of nitrogens with two attached hydrogens (primary N) is 1. The first kappa shape index (κ1) is 19.9. The van der Waals surface area contributed by atoms with Crippen LogP contribution in [0, 0.1) is 5.41 Å². The van der Waals surface area contributed by atoms with Gasteiger partial charge in [0.15, 0.2) is 5.78 Å². The highest BCUT2D eigenvalue weighted by Crippen LogP contribution is 2.18. The predicted octanol–water partition coefficient (Wildman–Crippen LogP) is 3.36. The van der Waals surface area contributed by atoms with Gasteiger partial charge in [-0.3, -0.25) is 10.2 Å². The number of nitrogen functional groups attached to an aromatic ring is 1. The van der Waals surface area contributed by atoms with Crippen LogP contribution in [0.4, 0.5) is 13.2 Å². The summed E-state index contributed by atoms with van der Waals surface area (Å²) in [6, 6.07) is 11.5. The average Bonchev–Trinajstić information content (AvgIpc) is 2.51. The lowest BCUT2D eigenvalue weighted by Crippen LogP contribution is -2.21. The molecule has 25 heavy (non-hydrogen) atoms. The highest BCUT2D eigenvalue weighted by Gasteiger charge is 2.38. The molecule has 2 aromatic carbocycles. The van der Waals surface area contributed by atoms with E-state index in [1.165, 1.54) is 6.92 Å². The minimum absolute atomic E-state index is 0.0297. The largest absolute Gasteiger partial charge is 0.490 e. The van der Waals surface area contributed by atoms with E-state index in [1.807, 2.05) is 36.4 Å². The third kappa shape index (κ3) is 6.46. The van der Waals surface area contributed by atoms with E-state index < -0.39 is 12.1 Å². The monoisotopic (exact) mass is 352 g/mol. The minimum atomic E-state index is -5.08. The lowest BCUT2D eigenvalue weighted by Gasteiger charge is -2.03. The number of aliphatic carboxylic acids is 1. The molecule has 132 valence electrons. The van der Waals surface area contributed by atoms with Gasteiger partial charge in [0.05, 0.1) is 0 Å². The van der Waals surface area contributed by atoms with Gasteiger partial charge in [0.25, 0.3) is 0 Å². The van der Waals surface area contributed by atoms with Crippen molar-refractivity contribution < 1.29 is 27.9 Å². The molecule has 0 saturated heterocycles. The summed E-state index contributed by atoms with van der Waals surface area (Å²) in [6.07, 6.45) is -1.74. The van der Waals surface area contributed by atoms with Gasteiger partial charge in [-0.1, -0.05) is 30.3 Å². The van der Waals surface area contributed by atoms with Gasteiger partial charge in [-0.15, -0.1) is 0 Å². The highest BCUT2D eigenvalue weighted by molar-refractivity contribution is 5.99. The summed E-state index contributed by atoms with van der Waals surface area (Å²) in [7, 11) is 0. The van der Waals surface area contributed by atoms with Crippen LogP contribution < -0.4 is 5.73 Å². The van der Waals surface area contributed by atoms with E-state index in [4.69, 9.17) is 21.0 Å². The van der Waals surface area contributed by atoms with Gasteiger partial charge in [-0.25, -0.2) is 4.79 Å².